The molecular weight excluding hydrogens is 298 g/mol. The monoisotopic (exact) mass is 315 g/mol. The van der Waals surface area contributed by atoms with Crippen molar-refractivity contribution in [3.05, 3.63) is 46.5 Å². The Morgan fingerprint density at radius 3 is 2.48 bits per heavy atom. The molecule has 23 heavy (non-hydrogen) atoms. The van der Waals surface area contributed by atoms with E-state index in [-0.39, 0.29) is 34.5 Å². The largest absolute Gasteiger partial charge is 0.504 e. The van der Waals surface area contributed by atoms with Gasteiger partial charge in [0.05, 0.1) is 5.56 Å². The topological polar surface area (TPSA) is 110 Å². The third-order valence-corrected chi connectivity index (χ3v) is 4.22. The van der Waals surface area contributed by atoms with Gasteiger partial charge in [0.15, 0.2) is 28.8 Å². The zero-order valence-electron chi connectivity index (χ0n) is 12.5. The fourth-order valence-corrected chi connectivity index (χ4v) is 2.99. The molecule has 0 saturated carbocycles. The Labute approximate surface area is 132 Å². The minimum absolute atomic E-state index is 0.0659. The van der Waals surface area contributed by atoms with Crippen LogP contribution in [0.4, 0.5) is 0 Å². The van der Waals surface area contributed by atoms with Crippen LogP contribution < -0.4 is 5.32 Å². The molecule has 0 fully saturated rings. The molecule has 0 aliphatic carbocycles. The van der Waals surface area contributed by atoms with Crippen molar-refractivity contribution >= 4 is 5.78 Å². The number of Topliss-reactive ketones (excluding diaryl/α,β-unsaturated/α-hetero) is 1. The van der Waals surface area contributed by atoms with Crippen molar-refractivity contribution in [2.75, 3.05) is 6.54 Å². The van der Waals surface area contributed by atoms with Crippen LogP contribution in [-0.4, -0.2) is 32.8 Å². The maximum atomic E-state index is 11.7. The molecule has 0 saturated heterocycles. The number of fused-ring (bicyclic) bond motifs is 1. The lowest BCUT2D eigenvalue weighted by Crippen LogP contribution is -2.29. The van der Waals surface area contributed by atoms with Crippen LogP contribution in [0.25, 0.3) is 0 Å². The van der Waals surface area contributed by atoms with Crippen molar-refractivity contribution in [3.63, 3.8) is 0 Å². The molecule has 1 unspecified atom stereocenters. The van der Waals surface area contributed by atoms with E-state index in [1.54, 1.807) is 12.1 Å². The average molecular weight is 315 g/mol. The van der Waals surface area contributed by atoms with E-state index in [9.17, 15) is 25.2 Å². The van der Waals surface area contributed by atoms with E-state index in [0.717, 1.165) is 5.56 Å². The summed E-state index contributed by atoms with van der Waals surface area (Å²) < 4.78 is 0. The number of carbonyl (C=O) groups excluding carboxylic acids is 1. The number of hydrogen-bond donors (Lipinski definition) is 5. The summed E-state index contributed by atoms with van der Waals surface area (Å²) in [5.74, 6) is -1.72. The Morgan fingerprint density at radius 1 is 1.09 bits per heavy atom. The van der Waals surface area contributed by atoms with Gasteiger partial charge in [-0.2, -0.15) is 0 Å². The molecule has 0 amide bonds. The second-order valence-electron chi connectivity index (χ2n) is 5.68. The van der Waals surface area contributed by atoms with Crippen molar-refractivity contribution in [1.29, 1.82) is 0 Å². The van der Waals surface area contributed by atoms with Gasteiger partial charge in [-0.1, -0.05) is 6.07 Å². The third-order valence-electron chi connectivity index (χ3n) is 4.22. The fraction of sp³-hybridized carbons (Fsp3) is 0.235. The Hall–Kier alpha value is -2.73. The van der Waals surface area contributed by atoms with Crippen LogP contribution in [0.2, 0.25) is 0 Å². The molecule has 0 spiro atoms. The second kappa shape index (κ2) is 5.48. The number of rotatable bonds is 2. The Morgan fingerprint density at radius 2 is 1.83 bits per heavy atom. The molecule has 2 aromatic carbocycles. The van der Waals surface area contributed by atoms with E-state index in [1.165, 1.54) is 19.1 Å². The molecule has 0 radical (unpaired) electrons. The molecule has 0 bridgehead atoms. The lowest BCUT2D eigenvalue weighted by atomic mass is 9.83. The maximum Gasteiger partial charge on any atom is 0.168 e. The van der Waals surface area contributed by atoms with Gasteiger partial charge in [-0.15, -0.1) is 0 Å². The van der Waals surface area contributed by atoms with Crippen LogP contribution in [-0.2, 0) is 6.54 Å². The number of nitrogens with one attached hydrogen (secondary N) is 1. The summed E-state index contributed by atoms with van der Waals surface area (Å²) in [5, 5.41) is 42.5. The highest BCUT2D eigenvalue weighted by Gasteiger charge is 2.28. The van der Waals surface area contributed by atoms with Crippen LogP contribution in [0.15, 0.2) is 24.3 Å². The molecule has 6 heteroatoms. The van der Waals surface area contributed by atoms with E-state index in [2.05, 4.69) is 5.32 Å². The summed E-state index contributed by atoms with van der Waals surface area (Å²) in [4.78, 5) is 11.7. The summed E-state index contributed by atoms with van der Waals surface area (Å²) >= 11 is 0. The zero-order chi connectivity index (χ0) is 16.7. The van der Waals surface area contributed by atoms with Crippen molar-refractivity contribution in [2.45, 2.75) is 19.4 Å². The van der Waals surface area contributed by atoms with Gasteiger partial charge in [-0.3, -0.25) is 4.79 Å². The van der Waals surface area contributed by atoms with E-state index < -0.39 is 5.75 Å². The molecule has 1 atom stereocenters. The maximum absolute atomic E-state index is 11.7. The molecule has 6 nitrogen and oxygen atoms in total. The predicted molar refractivity (Wildman–Crippen MR) is 83.1 cm³/mol. The predicted octanol–water partition coefficient (Wildman–Crippen LogP) is 1.95. The first-order valence-corrected chi connectivity index (χ1v) is 7.21. The lowest BCUT2D eigenvalue weighted by molar-refractivity contribution is 0.101. The Bertz CT molecular complexity index is 800. The van der Waals surface area contributed by atoms with Gasteiger partial charge in [-0.25, -0.2) is 0 Å². The van der Waals surface area contributed by atoms with Crippen LogP contribution in [0.5, 0.6) is 23.0 Å². The molecular formula is C17H17NO5. The van der Waals surface area contributed by atoms with Crippen molar-refractivity contribution in [2.24, 2.45) is 0 Å². The van der Waals surface area contributed by atoms with E-state index >= 15 is 0 Å². The summed E-state index contributed by atoms with van der Waals surface area (Å²) in [6.45, 7) is 2.23. The van der Waals surface area contributed by atoms with Gasteiger partial charge < -0.3 is 25.7 Å². The number of ketones is 1. The van der Waals surface area contributed by atoms with E-state index in [0.29, 0.717) is 24.2 Å². The summed E-state index contributed by atoms with van der Waals surface area (Å²) in [7, 11) is 0. The third kappa shape index (κ3) is 2.47. The number of benzene rings is 2. The highest BCUT2D eigenvalue weighted by molar-refractivity contribution is 5.98. The molecule has 1 aliphatic rings. The van der Waals surface area contributed by atoms with Crippen molar-refractivity contribution in [1.82, 2.24) is 5.32 Å². The Balaban J connectivity index is 2.18. The highest BCUT2D eigenvalue weighted by Crippen LogP contribution is 2.42. The fourth-order valence-electron chi connectivity index (χ4n) is 2.99. The van der Waals surface area contributed by atoms with Gasteiger partial charge in [-0.05, 0) is 36.2 Å². The van der Waals surface area contributed by atoms with Gasteiger partial charge in [0, 0.05) is 24.6 Å². The van der Waals surface area contributed by atoms with Crippen LogP contribution in [0, 0.1) is 0 Å². The molecule has 120 valence electrons. The smallest absolute Gasteiger partial charge is 0.168 e. The first-order valence-electron chi connectivity index (χ1n) is 7.21. The quantitative estimate of drug-likeness (QED) is 0.428. The second-order valence-corrected chi connectivity index (χ2v) is 5.68. The van der Waals surface area contributed by atoms with Gasteiger partial charge in [0.2, 0.25) is 0 Å². The summed E-state index contributed by atoms with van der Waals surface area (Å²) in [6.07, 6.45) is 0. The number of phenolic OH excluding ortho intramolecular Hbond substituents is 4. The van der Waals surface area contributed by atoms with Gasteiger partial charge in [0.25, 0.3) is 0 Å². The summed E-state index contributed by atoms with van der Waals surface area (Å²) in [6, 6.07) is 6.11. The average Bonchev–Trinajstić information content (AvgIpc) is 2.52. The van der Waals surface area contributed by atoms with Crippen LogP contribution in [0.3, 0.4) is 0 Å². The van der Waals surface area contributed by atoms with Crippen molar-refractivity contribution < 1.29 is 25.2 Å². The number of hydrogen-bond acceptors (Lipinski definition) is 6. The standard InChI is InChI=1S/C17H17NO5/c1-8(19)10-5-11-12(9-2-3-14(20)15(21)4-9)6-18-7-13(11)17(23)16(10)22/h2-5,12,18,20-23H,6-7H2,1H3. The van der Waals surface area contributed by atoms with Crippen LogP contribution in [0.1, 0.15) is 39.9 Å². The van der Waals surface area contributed by atoms with E-state index in [1.807, 2.05) is 0 Å². The normalized spacial score (nSPS) is 16.8. The first-order chi connectivity index (χ1) is 10.9. The van der Waals surface area contributed by atoms with E-state index in [4.69, 9.17) is 0 Å². The van der Waals surface area contributed by atoms with Gasteiger partial charge >= 0.3 is 0 Å². The molecule has 5 N–H and O–H groups in total. The number of phenols is 4. The SMILES string of the molecule is CC(=O)c1cc2c(c(O)c1O)CNCC2c1ccc(O)c(O)c1. The van der Waals surface area contributed by atoms with Crippen LogP contribution >= 0.6 is 0 Å². The summed E-state index contributed by atoms with van der Waals surface area (Å²) in [5.41, 5.74) is 2.04. The molecule has 3 rings (SSSR count). The molecule has 1 aliphatic heterocycles. The molecule has 0 aromatic heterocycles. The molecule has 1 heterocycles. The van der Waals surface area contributed by atoms with Crippen molar-refractivity contribution in [3.8, 4) is 23.0 Å². The number of carbonyl (C=O) groups is 1. The first kappa shape index (κ1) is 15.2. The molecule has 2 aromatic rings. The lowest BCUT2D eigenvalue weighted by Gasteiger charge is -2.28. The zero-order valence-corrected chi connectivity index (χ0v) is 12.5. The Kier molecular flexibility index (Phi) is 3.61. The minimum Gasteiger partial charge on any atom is -0.504 e. The minimum atomic E-state index is -0.410. The number of aromatic hydroxyl groups is 4. The van der Waals surface area contributed by atoms with Gasteiger partial charge in [0.1, 0.15) is 0 Å². The highest BCUT2D eigenvalue weighted by atomic mass is 16.3.